The molecule has 0 aliphatic heterocycles. The van der Waals surface area contributed by atoms with E-state index in [2.05, 4.69) is 15.9 Å². The third-order valence-corrected chi connectivity index (χ3v) is 2.07. The molecule has 0 aromatic heterocycles. The minimum absolute atomic E-state index is 0.443. The van der Waals surface area contributed by atoms with E-state index in [1.807, 2.05) is 12.1 Å². The number of halogens is 1. The Hall–Kier alpha value is -0.830. The van der Waals surface area contributed by atoms with Crippen molar-refractivity contribution in [2.24, 2.45) is 0 Å². The Balaban J connectivity index is 2.95. The second-order valence-corrected chi connectivity index (χ2v) is 3.08. The fraction of sp³-hybridized carbons (Fsp3) is 0.125. The van der Waals surface area contributed by atoms with Crippen LogP contribution in [0, 0.1) is 0 Å². The summed E-state index contributed by atoms with van der Waals surface area (Å²) < 4.78 is 0.844. The van der Waals surface area contributed by atoms with Crippen molar-refractivity contribution in [2.45, 2.75) is 6.42 Å². The topological polar surface area (TPSA) is 43.1 Å². The van der Waals surface area contributed by atoms with E-state index >= 15 is 0 Å². The van der Waals surface area contributed by atoms with E-state index in [1.165, 1.54) is 0 Å². The lowest BCUT2D eigenvalue weighted by Crippen LogP contribution is -1.90. The summed E-state index contributed by atoms with van der Waals surface area (Å²) in [7, 11) is 0. The van der Waals surface area contributed by atoms with Crippen LogP contribution in [0.15, 0.2) is 22.7 Å². The minimum atomic E-state index is 0.443. The molecule has 0 bridgehead atoms. The summed E-state index contributed by atoms with van der Waals surface area (Å²) in [5.41, 5.74) is 7.22. The molecule has 58 valence electrons. The molecule has 0 aliphatic carbocycles. The molecular formula is C8H8BrNO. The summed E-state index contributed by atoms with van der Waals surface area (Å²) in [6.07, 6.45) is 1.32. The molecule has 3 heteroatoms. The summed E-state index contributed by atoms with van der Waals surface area (Å²) in [4.78, 5) is 10.1. The van der Waals surface area contributed by atoms with Gasteiger partial charge in [0.05, 0.1) is 0 Å². The predicted molar refractivity (Wildman–Crippen MR) is 48.3 cm³/mol. The van der Waals surface area contributed by atoms with Crippen LogP contribution in [0.25, 0.3) is 0 Å². The van der Waals surface area contributed by atoms with Gasteiger partial charge in [-0.25, -0.2) is 0 Å². The number of nitrogens with two attached hydrogens (primary N) is 1. The molecule has 0 saturated carbocycles. The molecule has 1 aromatic carbocycles. The lowest BCUT2D eigenvalue weighted by atomic mass is 10.1. The molecule has 1 rings (SSSR count). The van der Waals surface area contributed by atoms with Crippen LogP contribution in [0.5, 0.6) is 0 Å². The van der Waals surface area contributed by atoms with Gasteiger partial charge in [0.2, 0.25) is 0 Å². The van der Waals surface area contributed by atoms with E-state index in [1.54, 1.807) is 6.07 Å². The molecule has 0 spiro atoms. The van der Waals surface area contributed by atoms with Gasteiger partial charge in [0.25, 0.3) is 0 Å². The second-order valence-electron chi connectivity index (χ2n) is 2.23. The van der Waals surface area contributed by atoms with Crippen LogP contribution in [0.4, 0.5) is 5.69 Å². The van der Waals surface area contributed by atoms with E-state index in [0.717, 1.165) is 16.3 Å². The smallest absolute Gasteiger partial charge is 0.124 e. The average molecular weight is 214 g/mol. The number of aldehydes is 1. The van der Waals surface area contributed by atoms with Crippen molar-refractivity contribution >= 4 is 27.9 Å². The van der Waals surface area contributed by atoms with E-state index in [-0.39, 0.29) is 0 Å². The van der Waals surface area contributed by atoms with Crippen LogP contribution in [0.1, 0.15) is 5.56 Å². The molecule has 11 heavy (non-hydrogen) atoms. The first-order chi connectivity index (χ1) is 5.24. The zero-order chi connectivity index (χ0) is 8.27. The Morgan fingerprint density at radius 2 is 2.27 bits per heavy atom. The Morgan fingerprint density at radius 3 is 2.82 bits per heavy atom. The summed E-state index contributed by atoms with van der Waals surface area (Å²) in [5.74, 6) is 0. The highest BCUT2D eigenvalue weighted by Gasteiger charge is 1.96. The monoisotopic (exact) mass is 213 g/mol. The normalized spacial score (nSPS) is 9.55. The summed E-state index contributed by atoms with van der Waals surface area (Å²) in [5, 5.41) is 0. The third-order valence-electron chi connectivity index (χ3n) is 1.38. The van der Waals surface area contributed by atoms with Crippen molar-refractivity contribution < 1.29 is 4.79 Å². The van der Waals surface area contributed by atoms with Gasteiger partial charge in [0, 0.05) is 16.6 Å². The van der Waals surface area contributed by atoms with Gasteiger partial charge >= 0.3 is 0 Å². The van der Waals surface area contributed by atoms with Crippen LogP contribution in [-0.2, 0) is 11.2 Å². The lowest BCUT2D eigenvalue weighted by Gasteiger charge is -1.99. The number of hydrogen-bond acceptors (Lipinski definition) is 2. The number of nitrogen functional groups attached to an aromatic ring is 1. The molecule has 0 aliphatic rings. The molecule has 0 heterocycles. The molecule has 0 saturated heterocycles. The summed E-state index contributed by atoms with van der Waals surface area (Å²) in [6, 6.07) is 5.47. The minimum Gasteiger partial charge on any atom is -0.398 e. The van der Waals surface area contributed by atoms with Gasteiger partial charge in [0.1, 0.15) is 6.29 Å². The quantitative estimate of drug-likeness (QED) is 0.602. The highest BCUT2D eigenvalue weighted by Crippen LogP contribution is 2.20. The van der Waals surface area contributed by atoms with Gasteiger partial charge in [-0.2, -0.15) is 0 Å². The van der Waals surface area contributed by atoms with Crippen molar-refractivity contribution in [3.8, 4) is 0 Å². The van der Waals surface area contributed by atoms with E-state index in [9.17, 15) is 4.79 Å². The first-order valence-electron chi connectivity index (χ1n) is 3.21. The fourth-order valence-electron chi connectivity index (χ4n) is 0.794. The molecule has 0 amide bonds. The number of anilines is 1. The fourth-order valence-corrected chi connectivity index (χ4v) is 1.22. The summed E-state index contributed by atoms with van der Waals surface area (Å²) >= 11 is 3.28. The third kappa shape index (κ3) is 2.05. The molecule has 0 radical (unpaired) electrons. The first-order valence-corrected chi connectivity index (χ1v) is 4.01. The maximum atomic E-state index is 10.1. The average Bonchev–Trinajstić information content (AvgIpc) is 1.98. The van der Waals surface area contributed by atoms with Crippen LogP contribution in [0.2, 0.25) is 0 Å². The van der Waals surface area contributed by atoms with Crippen LogP contribution < -0.4 is 5.73 Å². The van der Waals surface area contributed by atoms with Crippen molar-refractivity contribution in [3.63, 3.8) is 0 Å². The van der Waals surface area contributed by atoms with Gasteiger partial charge in [-0.3, -0.25) is 0 Å². The number of carbonyl (C=O) groups is 1. The molecular weight excluding hydrogens is 206 g/mol. The lowest BCUT2D eigenvalue weighted by molar-refractivity contribution is -0.107. The predicted octanol–water partition coefficient (Wildman–Crippen LogP) is 1.77. The van der Waals surface area contributed by atoms with Crippen LogP contribution in [0.3, 0.4) is 0 Å². The molecule has 0 unspecified atom stereocenters. The van der Waals surface area contributed by atoms with E-state index in [0.29, 0.717) is 12.1 Å². The maximum Gasteiger partial charge on any atom is 0.124 e. The highest BCUT2D eigenvalue weighted by atomic mass is 79.9. The SMILES string of the molecule is Nc1ccc(CC=O)cc1Br. The molecule has 0 atom stereocenters. The first kappa shape index (κ1) is 8.27. The van der Waals surface area contributed by atoms with Gasteiger partial charge in [-0.1, -0.05) is 6.07 Å². The number of rotatable bonds is 2. The molecule has 2 N–H and O–H groups in total. The van der Waals surface area contributed by atoms with Gasteiger partial charge in [-0.15, -0.1) is 0 Å². The Bertz CT molecular complexity index is 273. The second kappa shape index (κ2) is 3.53. The zero-order valence-electron chi connectivity index (χ0n) is 5.88. The van der Waals surface area contributed by atoms with Gasteiger partial charge < -0.3 is 10.5 Å². The Morgan fingerprint density at radius 1 is 1.55 bits per heavy atom. The largest absolute Gasteiger partial charge is 0.398 e. The number of hydrogen-bond donors (Lipinski definition) is 1. The standard InChI is InChI=1S/C8H8BrNO/c9-7-5-6(3-4-11)1-2-8(7)10/h1-2,4-5H,3,10H2. The molecule has 2 nitrogen and oxygen atoms in total. The van der Waals surface area contributed by atoms with Crippen LogP contribution >= 0.6 is 15.9 Å². The van der Waals surface area contributed by atoms with Crippen molar-refractivity contribution in [1.82, 2.24) is 0 Å². The van der Waals surface area contributed by atoms with Gasteiger partial charge in [0.15, 0.2) is 0 Å². The van der Waals surface area contributed by atoms with Gasteiger partial charge in [-0.05, 0) is 33.6 Å². The number of carbonyl (C=O) groups excluding carboxylic acids is 1. The van der Waals surface area contributed by atoms with Crippen LogP contribution in [-0.4, -0.2) is 6.29 Å². The Kier molecular flexibility index (Phi) is 2.65. The Labute approximate surface area is 73.5 Å². The highest BCUT2D eigenvalue weighted by molar-refractivity contribution is 9.10. The zero-order valence-corrected chi connectivity index (χ0v) is 7.47. The van der Waals surface area contributed by atoms with Crippen molar-refractivity contribution in [2.75, 3.05) is 5.73 Å². The number of benzene rings is 1. The maximum absolute atomic E-state index is 10.1. The molecule has 0 fully saturated rings. The van der Waals surface area contributed by atoms with Crippen molar-refractivity contribution in [3.05, 3.63) is 28.2 Å². The van der Waals surface area contributed by atoms with E-state index in [4.69, 9.17) is 5.73 Å². The van der Waals surface area contributed by atoms with E-state index < -0.39 is 0 Å². The van der Waals surface area contributed by atoms with Crippen molar-refractivity contribution in [1.29, 1.82) is 0 Å². The molecule has 1 aromatic rings. The summed E-state index contributed by atoms with van der Waals surface area (Å²) in [6.45, 7) is 0.